The molecule has 0 saturated carbocycles. The first-order valence-electron chi connectivity index (χ1n) is 3.93. The van der Waals surface area contributed by atoms with Crippen LogP contribution in [0.1, 0.15) is 5.69 Å². The first kappa shape index (κ1) is 8.07. The standard InChI is InChI=1S/C8H4N4S2/c13-14-8-6(2-4-10-14)11-5-1-3-9-7(5)12-8/h1-4H. The van der Waals surface area contributed by atoms with E-state index in [1.807, 2.05) is 12.2 Å². The Hall–Kier alpha value is -1.27. The maximum absolute atomic E-state index is 5.16. The number of hydrogen-bond acceptors (Lipinski definition) is 4. The average molecular weight is 220 g/mol. The summed E-state index contributed by atoms with van der Waals surface area (Å²) < 4.78 is 4.09. The number of fused-ring (bicyclic) bond motifs is 2. The van der Waals surface area contributed by atoms with Crippen molar-refractivity contribution in [3.8, 4) is 0 Å². The van der Waals surface area contributed by atoms with Crippen molar-refractivity contribution in [1.82, 2.24) is 9.97 Å². The maximum Gasteiger partial charge on any atom is 0.179 e. The second kappa shape index (κ2) is 2.86. The molecule has 0 saturated heterocycles. The lowest BCUT2D eigenvalue weighted by atomic mass is 10.4. The predicted octanol–water partition coefficient (Wildman–Crippen LogP) is -0.701. The van der Waals surface area contributed by atoms with E-state index in [-0.39, 0.29) is 0 Å². The Kier molecular flexibility index (Phi) is 1.65. The summed E-state index contributed by atoms with van der Waals surface area (Å²) in [5, 5.41) is 1.58. The van der Waals surface area contributed by atoms with Gasteiger partial charge in [0.2, 0.25) is 0 Å². The molecule has 3 rings (SSSR count). The SMILES string of the molecule is S=S1N=CC=c2nc3c(nc21)=NC=C3. The summed E-state index contributed by atoms with van der Waals surface area (Å²) in [5.74, 6) is 0. The van der Waals surface area contributed by atoms with Crippen molar-refractivity contribution < 1.29 is 0 Å². The molecule has 6 heteroatoms. The van der Waals surface area contributed by atoms with Gasteiger partial charge in [0.1, 0.15) is 10.7 Å². The van der Waals surface area contributed by atoms with Crippen LogP contribution in [0.4, 0.5) is 0 Å². The predicted molar refractivity (Wildman–Crippen MR) is 57.8 cm³/mol. The van der Waals surface area contributed by atoms with Crippen LogP contribution in [0.15, 0.2) is 20.6 Å². The number of hydrogen-bond donors (Lipinski definition) is 0. The minimum Gasteiger partial charge on any atom is -0.242 e. The lowest BCUT2D eigenvalue weighted by Crippen LogP contribution is -2.27. The van der Waals surface area contributed by atoms with Crippen LogP contribution in [0.3, 0.4) is 0 Å². The second-order valence-electron chi connectivity index (χ2n) is 2.74. The summed E-state index contributed by atoms with van der Waals surface area (Å²) in [6.07, 6.45) is 7.04. The van der Waals surface area contributed by atoms with Crippen LogP contribution in [0, 0.1) is 0 Å². The Labute approximate surface area is 86.6 Å². The highest BCUT2D eigenvalue weighted by molar-refractivity contribution is 8.28. The van der Waals surface area contributed by atoms with Gasteiger partial charge in [-0.05, 0) is 23.3 Å². The van der Waals surface area contributed by atoms with Crippen LogP contribution >= 0.6 is 0 Å². The lowest BCUT2D eigenvalue weighted by molar-refractivity contribution is 0.937. The van der Waals surface area contributed by atoms with Crippen molar-refractivity contribution >= 4 is 39.2 Å². The molecule has 68 valence electrons. The van der Waals surface area contributed by atoms with Gasteiger partial charge in [0.05, 0.1) is 5.35 Å². The molecule has 0 aromatic carbocycles. The number of aromatic nitrogens is 2. The summed E-state index contributed by atoms with van der Waals surface area (Å²) in [6, 6.07) is 0. The minimum atomic E-state index is -0.597. The summed E-state index contributed by atoms with van der Waals surface area (Å²) in [4.78, 5) is 12.8. The van der Waals surface area contributed by atoms with Crippen molar-refractivity contribution in [1.29, 1.82) is 0 Å². The van der Waals surface area contributed by atoms with E-state index in [0.29, 0.717) is 5.49 Å². The van der Waals surface area contributed by atoms with Gasteiger partial charge in [-0.15, -0.1) is 0 Å². The molecule has 1 atom stereocenters. The largest absolute Gasteiger partial charge is 0.242 e. The van der Waals surface area contributed by atoms with Gasteiger partial charge in [-0.2, -0.15) is 0 Å². The molecular weight excluding hydrogens is 216 g/mol. The molecular formula is C8H4N4S2. The number of rotatable bonds is 0. The Morgan fingerprint density at radius 1 is 1.29 bits per heavy atom. The molecule has 0 amide bonds. The van der Waals surface area contributed by atoms with Gasteiger partial charge in [-0.25, -0.2) is 19.4 Å². The van der Waals surface area contributed by atoms with E-state index >= 15 is 0 Å². The monoisotopic (exact) mass is 220 g/mol. The van der Waals surface area contributed by atoms with E-state index in [1.165, 1.54) is 0 Å². The van der Waals surface area contributed by atoms with E-state index in [9.17, 15) is 0 Å². The summed E-state index contributed by atoms with van der Waals surface area (Å²) in [7, 11) is -0.597. The molecule has 0 fully saturated rings. The molecule has 2 aliphatic rings. The third-order valence-corrected chi connectivity index (χ3v) is 3.56. The van der Waals surface area contributed by atoms with Gasteiger partial charge >= 0.3 is 0 Å². The van der Waals surface area contributed by atoms with Gasteiger partial charge in [0, 0.05) is 22.1 Å². The van der Waals surface area contributed by atoms with Crippen LogP contribution in [-0.4, -0.2) is 16.2 Å². The molecule has 0 bridgehead atoms. The Morgan fingerprint density at radius 2 is 2.21 bits per heavy atom. The third-order valence-electron chi connectivity index (χ3n) is 1.88. The lowest BCUT2D eigenvalue weighted by Gasteiger charge is -2.02. The van der Waals surface area contributed by atoms with Crippen molar-refractivity contribution in [2.45, 2.75) is 5.03 Å². The zero-order valence-electron chi connectivity index (χ0n) is 6.91. The van der Waals surface area contributed by atoms with E-state index < -0.39 is 9.64 Å². The van der Waals surface area contributed by atoms with Crippen molar-refractivity contribution in [2.24, 2.45) is 9.39 Å². The molecule has 3 heterocycles. The van der Waals surface area contributed by atoms with Crippen molar-refractivity contribution in [3.63, 3.8) is 0 Å². The van der Waals surface area contributed by atoms with E-state index in [4.69, 9.17) is 11.2 Å². The molecule has 0 spiro atoms. The fourth-order valence-electron chi connectivity index (χ4n) is 1.27. The average Bonchev–Trinajstić information content (AvgIpc) is 2.62. The zero-order chi connectivity index (χ0) is 9.54. The van der Waals surface area contributed by atoms with Crippen LogP contribution < -0.4 is 10.8 Å². The fourth-order valence-corrected chi connectivity index (χ4v) is 2.51. The molecule has 0 N–H and O–H groups in total. The molecule has 1 unspecified atom stereocenters. The van der Waals surface area contributed by atoms with E-state index in [1.54, 1.807) is 12.4 Å². The Balaban J connectivity index is 2.45. The van der Waals surface area contributed by atoms with E-state index in [0.717, 1.165) is 16.1 Å². The topological polar surface area (TPSA) is 50.5 Å². The first-order chi connectivity index (χ1) is 6.84. The highest BCUT2D eigenvalue weighted by Gasteiger charge is 2.10. The molecule has 4 nitrogen and oxygen atoms in total. The van der Waals surface area contributed by atoms with Crippen LogP contribution in [-0.2, 0) is 20.8 Å². The Morgan fingerprint density at radius 3 is 3.14 bits per heavy atom. The van der Waals surface area contributed by atoms with Crippen LogP contribution in [0.2, 0.25) is 0 Å². The van der Waals surface area contributed by atoms with E-state index in [2.05, 4.69) is 19.4 Å². The van der Waals surface area contributed by atoms with Gasteiger partial charge in [-0.3, -0.25) is 0 Å². The first-order valence-corrected chi connectivity index (χ1v) is 6.04. The van der Waals surface area contributed by atoms with Crippen LogP contribution in [0.5, 0.6) is 0 Å². The molecule has 1 aromatic heterocycles. The minimum absolute atomic E-state index is 0.597. The zero-order valence-corrected chi connectivity index (χ0v) is 8.55. The van der Waals surface area contributed by atoms with Gasteiger partial charge in [0.25, 0.3) is 0 Å². The summed E-state index contributed by atoms with van der Waals surface area (Å²) >= 11 is 5.16. The molecule has 2 aliphatic heterocycles. The number of nitrogens with zero attached hydrogens (tertiary/aromatic N) is 4. The Bertz CT molecular complexity index is 615. The highest BCUT2D eigenvalue weighted by atomic mass is 32.8. The normalized spacial score (nSPS) is 21.0. The van der Waals surface area contributed by atoms with Crippen molar-refractivity contribution in [3.05, 3.63) is 22.7 Å². The molecule has 0 aliphatic carbocycles. The molecule has 14 heavy (non-hydrogen) atoms. The van der Waals surface area contributed by atoms with Gasteiger partial charge < -0.3 is 0 Å². The maximum atomic E-state index is 5.16. The molecule has 1 aromatic rings. The van der Waals surface area contributed by atoms with Gasteiger partial charge in [-0.1, -0.05) is 0 Å². The van der Waals surface area contributed by atoms with Crippen molar-refractivity contribution in [2.75, 3.05) is 0 Å². The van der Waals surface area contributed by atoms with Gasteiger partial charge in [0.15, 0.2) is 5.49 Å². The quantitative estimate of drug-likeness (QED) is 0.581. The highest BCUT2D eigenvalue weighted by Crippen LogP contribution is 2.01. The third kappa shape index (κ3) is 1.08. The van der Waals surface area contributed by atoms with Crippen LogP contribution in [0.25, 0.3) is 12.2 Å². The summed E-state index contributed by atoms with van der Waals surface area (Å²) in [6.45, 7) is 0. The smallest absolute Gasteiger partial charge is 0.179 e. The molecule has 0 radical (unpaired) electrons. The summed E-state index contributed by atoms with van der Waals surface area (Å²) in [5.41, 5.74) is 1.46. The fraction of sp³-hybridized carbons (Fsp3) is 0. The second-order valence-corrected chi connectivity index (χ2v) is 4.78.